The van der Waals surface area contributed by atoms with Gasteiger partial charge >= 0.3 is 0 Å². The highest BCUT2D eigenvalue weighted by Crippen LogP contribution is 2.24. The Hall–Kier alpha value is -2.66. The van der Waals surface area contributed by atoms with Gasteiger partial charge in [-0.1, -0.05) is 49.4 Å². The summed E-state index contributed by atoms with van der Waals surface area (Å²) in [6.45, 7) is 4.96. The van der Waals surface area contributed by atoms with Crippen LogP contribution in [0, 0.1) is 5.92 Å². The van der Waals surface area contributed by atoms with Crippen LogP contribution in [0.5, 0.6) is 0 Å². The standard InChI is InChI=1S/C25H33N3O2/c1-2-20(21-6-4-3-5-7-21)18-24(29)27-23-10-8-19(9-11-23)12-15-28-16-13-22(14-17-28)25(26)30/h3-11,20,22H,2,12-18H2,1H3,(H2,26,30)(H,27,29). The zero-order valence-corrected chi connectivity index (χ0v) is 17.8. The Balaban J connectivity index is 1.44. The van der Waals surface area contributed by atoms with E-state index < -0.39 is 0 Å². The number of rotatable bonds is 9. The lowest BCUT2D eigenvalue weighted by Crippen LogP contribution is -2.39. The summed E-state index contributed by atoms with van der Waals surface area (Å²) >= 11 is 0. The molecular formula is C25H33N3O2. The molecule has 5 heteroatoms. The van der Waals surface area contributed by atoms with E-state index in [0.717, 1.165) is 51.0 Å². The maximum atomic E-state index is 12.5. The minimum absolute atomic E-state index is 0.0401. The maximum Gasteiger partial charge on any atom is 0.224 e. The second kappa shape index (κ2) is 10.9. The van der Waals surface area contributed by atoms with E-state index in [-0.39, 0.29) is 23.7 Å². The highest BCUT2D eigenvalue weighted by molar-refractivity contribution is 5.91. The van der Waals surface area contributed by atoms with E-state index >= 15 is 0 Å². The Morgan fingerprint density at radius 3 is 2.33 bits per heavy atom. The van der Waals surface area contributed by atoms with Gasteiger partial charge < -0.3 is 16.0 Å². The summed E-state index contributed by atoms with van der Waals surface area (Å²) in [5.74, 6) is 0.166. The van der Waals surface area contributed by atoms with Crippen LogP contribution in [0.4, 0.5) is 5.69 Å². The number of carbonyl (C=O) groups is 2. The smallest absolute Gasteiger partial charge is 0.224 e. The van der Waals surface area contributed by atoms with Gasteiger partial charge in [0.15, 0.2) is 0 Å². The number of hydrogen-bond donors (Lipinski definition) is 2. The van der Waals surface area contributed by atoms with Crippen LogP contribution in [-0.4, -0.2) is 36.3 Å². The average Bonchev–Trinajstić information content (AvgIpc) is 2.78. The molecule has 0 aromatic heterocycles. The van der Waals surface area contributed by atoms with Crippen molar-refractivity contribution in [3.05, 3.63) is 65.7 Å². The molecule has 30 heavy (non-hydrogen) atoms. The second-order valence-electron chi connectivity index (χ2n) is 8.23. The molecule has 3 rings (SSSR count). The first-order chi connectivity index (χ1) is 14.5. The molecule has 2 aromatic rings. The number of carbonyl (C=O) groups excluding carboxylic acids is 2. The molecule has 0 radical (unpaired) electrons. The highest BCUT2D eigenvalue weighted by atomic mass is 16.2. The van der Waals surface area contributed by atoms with E-state index in [2.05, 4.69) is 41.4 Å². The molecule has 5 nitrogen and oxygen atoms in total. The van der Waals surface area contributed by atoms with Crippen molar-refractivity contribution in [2.75, 3.05) is 25.0 Å². The van der Waals surface area contributed by atoms with Crippen LogP contribution in [0.3, 0.4) is 0 Å². The Bertz CT molecular complexity index is 812. The fraction of sp³-hybridized carbons (Fsp3) is 0.440. The van der Waals surface area contributed by atoms with Crippen LogP contribution < -0.4 is 11.1 Å². The van der Waals surface area contributed by atoms with Crippen molar-refractivity contribution in [3.8, 4) is 0 Å². The van der Waals surface area contributed by atoms with Crippen molar-refractivity contribution in [2.45, 2.75) is 44.9 Å². The maximum absolute atomic E-state index is 12.5. The number of nitrogens with one attached hydrogen (secondary N) is 1. The molecule has 1 aliphatic rings. The number of anilines is 1. The van der Waals surface area contributed by atoms with E-state index in [4.69, 9.17) is 5.73 Å². The third-order valence-corrected chi connectivity index (χ3v) is 6.14. The van der Waals surface area contributed by atoms with Gasteiger partial charge in [-0.3, -0.25) is 9.59 Å². The number of nitrogens with two attached hydrogens (primary N) is 1. The Morgan fingerprint density at radius 1 is 1.07 bits per heavy atom. The normalized spacial score (nSPS) is 16.2. The summed E-state index contributed by atoms with van der Waals surface area (Å²) in [6.07, 6.45) is 4.11. The van der Waals surface area contributed by atoms with Gasteiger partial charge in [0.1, 0.15) is 0 Å². The van der Waals surface area contributed by atoms with E-state index in [1.165, 1.54) is 11.1 Å². The third-order valence-electron chi connectivity index (χ3n) is 6.14. The predicted octanol–water partition coefficient (Wildman–Crippen LogP) is 3.95. The van der Waals surface area contributed by atoms with Gasteiger partial charge in [-0.25, -0.2) is 0 Å². The quantitative estimate of drug-likeness (QED) is 0.661. The minimum Gasteiger partial charge on any atom is -0.369 e. The lowest BCUT2D eigenvalue weighted by molar-refractivity contribution is -0.123. The van der Waals surface area contributed by atoms with Gasteiger partial charge in [-0.05, 0) is 68.0 Å². The first-order valence-corrected chi connectivity index (χ1v) is 11.0. The van der Waals surface area contributed by atoms with Gasteiger partial charge in [-0.15, -0.1) is 0 Å². The highest BCUT2D eigenvalue weighted by Gasteiger charge is 2.22. The number of hydrogen-bond acceptors (Lipinski definition) is 3. The average molecular weight is 408 g/mol. The summed E-state index contributed by atoms with van der Waals surface area (Å²) in [5.41, 5.74) is 8.71. The van der Waals surface area contributed by atoms with Crippen LogP contribution in [-0.2, 0) is 16.0 Å². The molecule has 3 N–H and O–H groups in total. The molecule has 160 valence electrons. The molecule has 0 saturated carbocycles. The lowest BCUT2D eigenvalue weighted by Gasteiger charge is -2.30. The van der Waals surface area contributed by atoms with E-state index in [0.29, 0.717) is 6.42 Å². The van der Waals surface area contributed by atoms with Gasteiger partial charge in [0.05, 0.1) is 0 Å². The van der Waals surface area contributed by atoms with Crippen molar-refractivity contribution in [3.63, 3.8) is 0 Å². The van der Waals surface area contributed by atoms with Crippen LogP contribution in [0.2, 0.25) is 0 Å². The van der Waals surface area contributed by atoms with Crippen LogP contribution in [0.1, 0.15) is 49.7 Å². The second-order valence-corrected chi connectivity index (χ2v) is 8.23. The summed E-state index contributed by atoms with van der Waals surface area (Å²) in [7, 11) is 0. The van der Waals surface area contributed by atoms with Crippen molar-refractivity contribution in [2.24, 2.45) is 11.7 Å². The molecule has 1 aliphatic heterocycles. The molecule has 1 fully saturated rings. The van der Waals surface area contributed by atoms with E-state index in [1.54, 1.807) is 0 Å². The molecule has 2 amide bonds. The van der Waals surface area contributed by atoms with Gasteiger partial charge in [0.2, 0.25) is 11.8 Å². The van der Waals surface area contributed by atoms with Crippen molar-refractivity contribution in [1.82, 2.24) is 4.90 Å². The monoisotopic (exact) mass is 407 g/mol. The van der Waals surface area contributed by atoms with Crippen LogP contribution in [0.15, 0.2) is 54.6 Å². The molecule has 1 atom stereocenters. The van der Waals surface area contributed by atoms with Crippen molar-refractivity contribution >= 4 is 17.5 Å². The van der Waals surface area contributed by atoms with Crippen LogP contribution in [0.25, 0.3) is 0 Å². The molecular weight excluding hydrogens is 374 g/mol. The van der Waals surface area contributed by atoms with E-state index in [1.807, 2.05) is 30.3 Å². The first kappa shape index (κ1) is 22.0. The number of primary amides is 1. The largest absolute Gasteiger partial charge is 0.369 e. The molecule has 0 aliphatic carbocycles. The topological polar surface area (TPSA) is 75.4 Å². The fourth-order valence-corrected chi connectivity index (χ4v) is 4.14. The molecule has 0 spiro atoms. The SMILES string of the molecule is CCC(CC(=O)Nc1ccc(CCN2CCC(C(N)=O)CC2)cc1)c1ccccc1. The predicted molar refractivity (Wildman–Crippen MR) is 121 cm³/mol. The van der Waals surface area contributed by atoms with Crippen molar-refractivity contribution in [1.29, 1.82) is 0 Å². The lowest BCUT2D eigenvalue weighted by atomic mass is 9.93. The number of amides is 2. The van der Waals surface area contributed by atoms with Gasteiger partial charge in [0.25, 0.3) is 0 Å². The Kier molecular flexibility index (Phi) is 8.03. The third kappa shape index (κ3) is 6.42. The number of piperidine rings is 1. The summed E-state index contributed by atoms with van der Waals surface area (Å²) < 4.78 is 0. The summed E-state index contributed by atoms with van der Waals surface area (Å²) in [5, 5.41) is 3.03. The van der Waals surface area contributed by atoms with Crippen LogP contribution >= 0.6 is 0 Å². The molecule has 1 unspecified atom stereocenters. The Morgan fingerprint density at radius 2 is 1.73 bits per heavy atom. The fourth-order valence-electron chi connectivity index (χ4n) is 4.14. The molecule has 0 bridgehead atoms. The van der Waals surface area contributed by atoms with Gasteiger partial charge in [0, 0.05) is 24.6 Å². The number of nitrogens with zero attached hydrogens (tertiary/aromatic N) is 1. The van der Waals surface area contributed by atoms with Crippen molar-refractivity contribution < 1.29 is 9.59 Å². The minimum atomic E-state index is -0.165. The zero-order valence-electron chi connectivity index (χ0n) is 17.8. The molecule has 2 aromatic carbocycles. The molecule has 1 heterocycles. The number of benzene rings is 2. The number of likely N-dealkylation sites (tertiary alicyclic amines) is 1. The zero-order chi connectivity index (χ0) is 21.3. The van der Waals surface area contributed by atoms with E-state index in [9.17, 15) is 9.59 Å². The molecule has 1 saturated heterocycles. The summed E-state index contributed by atoms with van der Waals surface area (Å²) in [6, 6.07) is 18.4. The Labute approximate surface area is 179 Å². The summed E-state index contributed by atoms with van der Waals surface area (Å²) in [4.78, 5) is 26.2. The van der Waals surface area contributed by atoms with Gasteiger partial charge in [-0.2, -0.15) is 0 Å². The first-order valence-electron chi connectivity index (χ1n) is 11.0.